The van der Waals surface area contributed by atoms with E-state index in [1.807, 2.05) is 69.6 Å². The Kier molecular flexibility index (Phi) is 18.8. The topological polar surface area (TPSA) is 251 Å². The van der Waals surface area contributed by atoms with E-state index in [1.165, 1.54) is 0 Å². The third-order valence-electron chi connectivity index (χ3n) is 8.77. The van der Waals surface area contributed by atoms with Crippen LogP contribution in [-0.2, 0) is 41.1 Å². The molecule has 294 valence electrons. The number of carbonyl (C=O) groups is 6. The number of hydrogen-bond donors (Lipinski definition) is 6. The summed E-state index contributed by atoms with van der Waals surface area (Å²) in [5, 5.41) is 57.3. The summed E-state index contributed by atoms with van der Waals surface area (Å²) in [6.07, 6.45) is -1.23. The lowest BCUT2D eigenvalue weighted by atomic mass is 9.99. The number of carboxylic acid groups (broad SMARTS) is 6. The molecule has 1 aromatic rings. The maximum Gasteiger partial charge on any atom is 0.350 e. The van der Waals surface area contributed by atoms with E-state index in [4.69, 9.17) is 12.3 Å². The summed E-state index contributed by atoms with van der Waals surface area (Å²) in [4.78, 5) is 69.1. The number of carboxylic acids is 6. The molecule has 6 N–H and O–H groups in total. The van der Waals surface area contributed by atoms with Crippen LogP contribution in [0, 0.1) is 17.8 Å². The lowest BCUT2D eigenvalue weighted by Gasteiger charge is -2.44. The normalized spacial score (nSPS) is 14.6. The molecule has 0 fully saturated rings. The van der Waals surface area contributed by atoms with Crippen molar-refractivity contribution in [2.45, 2.75) is 115 Å². The molecule has 0 aliphatic rings. The lowest BCUT2D eigenvalue weighted by molar-refractivity contribution is -0.142. The molecule has 0 radical (unpaired) electrons. The van der Waals surface area contributed by atoms with Gasteiger partial charge in [-0.05, 0) is 99.6 Å². The Morgan fingerprint density at radius 2 is 0.788 bits per heavy atom. The predicted molar refractivity (Wildman–Crippen MR) is 200 cm³/mol. The Bertz CT molecular complexity index is 1330. The minimum absolute atomic E-state index is 0.165. The summed E-state index contributed by atoms with van der Waals surface area (Å²) in [5.74, 6) is -8.62. The highest BCUT2D eigenvalue weighted by molar-refractivity contribution is 6.95. The van der Waals surface area contributed by atoms with Gasteiger partial charge in [-0.25, -0.2) is 0 Å². The number of benzene rings is 1. The van der Waals surface area contributed by atoms with E-state index < -0.39 is 87.3 Å². The smallest absolute Gasteiger partial charge is 0.350 e. The SMILES string of the molecule is C[Si](C)(CCC(CC(=O)O)CC(=O)O)O[Si](C)(CCC(CC(=O)O)CC(=O)O)O[Si](C)(O[Si](C)(C)CCC(CC(=O)O)CC(=O)O)c1ccccc1. The zero-order valence-corrected chi connectivity index (χ0v) is 35.0. The zero-order valence-electron chi connectivity index (χ0n) is 31.0. The molecule has 2 atom stereocenters. The molecule has 0 aromatic heterocycles. The summed E-state index contributed by atoms with van der Waals surface area (Å²) in [6, 6.07) is 10.3. The van der Waals surface area contributed by atoms with E-state index in [0.29, 0.717) is 18.5 Å². The molecular formula is C33H56O15Si4. The van der Waals surface area contributed by atoms with Crippen molar-refractivity contribution in [1.29, 1.82) is 0 Å². The quantitative estimate of drug-likeness (QED) is 0.0583. The molecule has 1 aromatic carbocycles. The molecule has 0 heterocycles. The molecule has 0 amide bonds. The molecule has 0 aliphatic heterocycles. The Morgan fingerprint density at radius 1 is 0.481 bits per heavy atom. The van der Waals surface area contributed by atoms with E-state index in [1.54, 1.807) is 0 Å². The second-order valence-corrected chi connectivity index (χ2v) is 30.8. The van der Waals surface area contributed by atoms with Crippen molar-refractivity contribution < 1.29 is 71.8 Å². The maximum atomic E-state index is 11.6. The van der Waals surface area contributed by atoms with Crippen LogP contribution in [0.1, 0.15) is 57.8 Å². The van der Waals surface area contributed by atoms with Gasteiger partial charge in [-0.1, -0.05) is 30.3 Å². The standard InChI is InChI=1S/C33H56O15Si4/c1-49(2,15-12-24(18-28(34)35)19-29(36)37)46-51(5,17-14-26(22-32(42)43)23-33(44)45)48-52(6,27-10-8-7-9-11-27)47-50(3,4)16-13-25(20-30(38)39)21-31(40)41/h7-11,24-26H,12-23H2,1-6H3,(H,34,35)(H,36,37)(H,38,39)(H,40,41)(H,42,43)(H,44,45). The van der Waals surface area contributed by atoms with Crippen LogP contribution in [0.5, 0.6) is 0 Å². The first kappa shape index (κ1) is 46.8. The molecule has 1 rings (SSSR count). The molecule has 0 spiro atoms. The van der Waals surface area contributed by atoms with Gasteiger partial charge in [0, 0.05) is 38.5 Å². The molecular weight excluding hydrogens is 749 g/mol. The van der Waals surface area contributed by atoms with Crippen LogP contribution in [-0.4, -0.2) is 100 Å². The Labute approximate surface area is 309 Å². The van der Waals surface area contributed by atoms with Crippen molar-refractivity contribution in [1.82, 2.24) is 0 Å². The summed E-state index contributed by atoms with van der Waals surface area (Å²) in [6.45, 7) is 11.4. The Balaban J connectivity index is 3.59. The second-order valence-electron chi connectivity index (χ2n) is 15.1. The fourth-order valence-corrected chi connectivity index (χ4v) is 26.3. The number of hydrogen-bond acceptors (Lipinski definition) is 9. The summed E-state index contributed by atoms with van der Waals surface area (Å²) in [5.41, 5.74) is 0. The molecule has 0 bridgehead atoms. The van der Waals surface area contributed by atoms with Crippen LogP contribution in [0.15, 0.2) is 30.3 Å². The van der Waals surface area contributed by atoms with E-state index in [0.717, 1.165) is 5.19 Å². The van der Waals surface area contributed by atoms with Crippen LogP contribution in [0.25, 0.3) is 0 Å². The van der Waals surface area contributed by atoms with Gasteiger partial charge >= 0.3 is 52.9 Å². The fourth-order valence-electron chi connectivity index (χ4n) is 6.51. The van der Waals surface area contributed by atoms with Gasteiger partial charge in [0.25, 0.3) is 0 Å². The summed E-state index contributed by atoms with van der Waals surface area (Å²) >= 11 is 0. The minimum atomic E-state index is -3.46. The van der Waals surface area contributed by atoms with Crippen LogP contribution in [0.3, 0.4) is 0 Å². The number of aliphatic carboxylic acids is 6. The number of rotatable bonds is 28. The van der Waals surface area contributed by atoms with Gasteiger partial charge in [0.05, 0.1) is 0 Å². The monoisotopic (exact) mass is 804 g/mol. The van der Waals surface area contributed by atoms with Gasteiger partial charge in [-0.2, -0.15) is 0 Å². The molecule has 52 heavy (non-hydrogen) atoms. The van der Waals surface area contributed by atoms with Crippen molar-refractivity contribution in [2.75, 3.05) is 0 Å². The van der Waals surface area contributed by atoms with Crippen LogP contribution >= 0.6 is 0 Å². The Morgan fingerprint density at radius 3 is 1.12 bits per heavy atom. The van der Waals surface area contributed by atoms with E-state index in [2.05, 4.69) is 0 Å². The second kappa shape index (κ2) is 20.9. The van der Waals surface area contributed by atoms with E-state index in [9.17, 15) is 59.4 Å². The average Bonchev–Trinajstić information content (AvgIpc) is 2.96. The highest BCUT2D eigenvalue weighted by Crippen LogP contribution is 2.34. The summed E-state index contributed by atoms with van der Waals surface area (Å²) in [7, 11) is -12.4. The largest absolute Gasteiger partial charge is 0.481 e. The van der Waals surface area contributed by atoms with E-state index in [-0.39, 0.29) is 57.4 Å². The molecule has 0 aliphatic carbocycles. The summed E-state index contributed by atoms with van der Waals surface area (Å²) < 4.78 is 21.1. The van der Waals surface area contributed by atoms with Gasteiger partial charge in [0.1, 0.15) is 0 Å². The zero-order chi connectivity index (χ0) is 39.9. The van der Waals surface area contributed by atoms with Gasteiger partial charge < -0.3 is 43.0 Å². The van der Waals surface area contributed by atoms with Gasteiger partial charge in [-0.15, -0.1) is 0 Å². The fraction of sp³-hybridized carbons (Fsp3) is 0.636. The van der Waals surface area contributed by atoms with Crippen molar-refractivity contribution in [3.63, 3.8) is 0 Å². The van der Waals surface area contributed by atoms with Crippen LogP contribution in [0.4, 0.5) is 0 Å². The van der Waals surface area contributed by atoms with Gasteiger partial charge in [0.2, 0.25) is 0 Å². The first-order valence-corrected chi connectivity index (χ1v) is 28.4. The molecule has 0 saturated carbocycles. The highest BCUT2D eigenvalue weighted by atomic mass is 28.5. The lowest BCUT2D eigenvalue weighted by Crippen LogP contribution is -2.64. The Hall–Kier alpha value is -3.21. The molecule has 15 nitrogen and oxygen atoms in total. The van der Waals surface area contributed by atoms with Crippen molar-refractivity contribution in [3.05, 3.63) is 30.3 Å². The van der Waals surface area contributed by atoms with Crippen LogP contribution in [0.2, 0.25) is 57.4 Å². The van der Waals surface area contributed by atoms with Crippen molar-refractivity contribution in [2.24, 2.45) is 17.8 Å². The average molecular weight is 805 g/mol. The van der Waals surface area contributed by atoms with Crippen molar-refractivity contribution in [3.8, 4) is 0 Å². The maximum absolute atomic E-state index is 11.6. The van der Waals surface area contributed by atoms with E-state index >= 15 is 0 Å². The van der Waals surface area contributed by atoms with Crippen LogP contribution < -0.4 is 5.19 Å². The first-order chi connectivity index (χ1) is 23.8. The predicted octanol–water partition coefficient (Wildman–Crippen LogP) is 5.36. The molecule has 19 heteroatoms. The van der Waals surface area contributed by atoms with Crippen molar-refractivity contribution >= 4 is 74.8 Å². The molecule has 2 unspecified atom stereocenters. The van der Waals surface area contributed by atoms with Gasteiger partial charge in [-0.3, -0.25) is 28.8 Å². The first-order valence-electron chi connectivity index (χ1n) is 17.3. The third-order valence-corrected chi connectivity index (χ3v) is 25.3. The molecule has 0 saturated heterocycles. The minimum Gasteiger partial charge on any atom is -0.481 e. The third kappa shape index (κ3) is 19.6. The van der Waals surface area contributed by atoms with Gasteiger partial charge in [0.15, 0.2) is 16.6 Å². The highest BCUT2D eigenvalue weighted by Gasteiger charge is 2.50.